The Morgan fingerprint density at radius 3 is 2.54 bits per heavy atom. The molecule has 1 aliphatic carbocycles. The maximum absolute atomic E-state index is 12.9. The minimum Gasteiger partial charge on any atom is -0.493 e. The van der Waals surface area contributed by atoms with Gasteiger partial charge in [0.25, 0.3) is 0 Å². The van der Waals surface area contributed by atoms with E-state index in [9.17, 15) is 10.1 Å². The van der Waals surface area contributed by atoms with E-state index in [2.05, 4.69) is 28.5 Å². The molecule has 9 nitrogen and oxygen atoms in total. The normalized spacial score (nSPS) is 14.5. The molecule has 1 N–H and O–H groups in total. The van der Waals surface area contributed by atoms with Crippen LogP contribution in [0.25, 0.3) is 11.4 Å². The highest BCUT2D eigenvalue weighted by molar-refractivity contribution is 7.99. The fraction of sp³-hybridized carbons (Fsp3) is 0.462. The van der Waals surface area contributed by atoms with E-state index in [1.807, 2.05) is 23.6 Å². The highest BCUT2D eigenvalue weighted by Crippen LogP contribution is 2.42. The lowest BCUT2D eigenvalue weighted by molar-refractivity contribution is -0.113. The van der Waals surface area contributed by atoms with Gasteiger partial charge in [0.05, 0.1) is 32.6 Å². The number of thioether (sulfide) groups is 1. The zero-order chi connectivity index (χ0) is 26.5. The summed E-state index contributed by atoms with van der Waals surface area (Å²) in [6, 6.07) is 5.96. The molecule has 0 saturated heterocycles. The van der Waals surface area contributed by atoms with Crippen LogP contribution in [0.1, 0.15) is 42.7 Å². The van der Waals surface area contributed by atoms with Crippen molar-refractivity contribution >= 4 is 34.0 Å². The van der Waals surface area contributed by atoms with Crippen LogP contribution in [0.15, 0.2) is 17.3 Å². The zero-order valence-electron chi connectivity index (χ0n) is 21.7. The lowest BCUT2D eigenvalue weighted by Crippen LogP contribution is -2.15. The number of hydrogen-bond donors (Lipinski definition) is 1. The van der Waals surface area contributed by atoms with Crippen molar-refractivity contribution in [3.63, 3.8) is 0 Å². The predicted molar refractivity (Wildman–Crippen MR) is 145 cm³/mol. The number of ether oxygens (including phenoxy) is 3. The molecule has 0 spiro atoms. The minimum atomic E-state index is -0.174. The Bertz CT molecular complexity index is 1300. The molecule has 1 aromatic carbocycles. The fourth-order valence-electron chi connectivity index (χ4n) is 4.61. The van der Waals surface area contributed by atoms with Crippen LogP contribution in [0.2, 0.25) is 0 Å². The Balaban J connectivity index is 1.50. The maximum Gasteiger partial charge on any atom is 0.235 e. The molecule has 0 fully saturated rings. The second kappa shape index (κ2) is 11.9. The van der Waals surface area contributed by atoms with Gasteiger partial charge in [-0.05, 0) is 49.8 Å². The Labute approximate surface area is 225 Å². The van der Waals surface area contributed by atoms with Crippen LogP contribution in [0, 0.1) is 17.2 Å². The number of carbonyl (C=O) groups excluding carboxylic acids is 1. The number of anilines is 1. The number of carbonyl (C=O) groups is 1. The highest BCUT2D eigenvalue weighted by Gasteiger charge is 2.26. The molecule has 196 valence electrons. The van der Waals surface area contributed by atoms with Crippen LogP contribution in [0.5, 0.6) is 17.2 Å². The van der Waals surface area contributed by atoms with Gasteiger partial charge in [-0.15, -0.1) is 21.5 Å². The molecule has 4 rings (SSSR count). The molecular weight excluding hydrogens is 510 g/mol. The van der Waals surface area contributed by atoms with Crippen molar-refractivity contribution in [2.75, 3.05) is 32.4 Å². The summed E-state index contributed by atoms with van der Waals surface area (Å²) < 4.78 is 18.3. The van der Waals surface area contributed by atoms with Crippen molar-refractivity contribution in [1.82, 2.24) is 14.8 Å². The second-order valence-corrected chi connectivity index (χ2v) is 10.7. The minimum absolute atomic E-state index is 0.151. The first-order valence-corrected chi connectivity index (χ1v) is 14.0. The van der Waals surface area contributed by atoms with E-state index in [1.165, 1.54) is 16.6 Å². The molecule has 0 saturated carbocycles. The van der Waals surface area contributed by atoms with Gasteiger partial charge in [0.15, 0.2) is 22.5 Å². The van der Waals surface area contributed by atoms with E-state index in [4.69, 9.17) is 14.2 Å². The van der Waals surface area contributed by atoms with Crippen LogP contribution in [-0.2, 0) is 24.2 Å². The van der Waals surface area contributed by atoms with E-state index in [-0.39, 0.29) is 11.7 Å². The highest BCUT2D eigenvalue weighted by atomic mass is 32.2. The van der Waals surface area contributed by atoms with Crippen LogP contribution in [0.4, 0.5) is 5.00 Å². The second-order valence-electron chi connectivity index (χ2n) is 8.64. The van der Waals surface area contributed by atoms with Crippen molar-refractivity contribution in [2.24, 2.45) is 5.92 Å². The molecule has 3 aromatic rings. The molecule has 0 radical (unpaired) electrons. The number of aromatic nitrogens is 3. The summed E-state index contributed by atoms with van der Waals surface area (Å²) in [5, 5.41) is 22.7. The van der Waals surface area contributed by atoms with Crippen molar-refractivity contribution in [2.45, 2.75) is 51.2 Å². The van der Waals surface area contributed by atoms with Crippen LogP contribution < -0.4 is 19.5 Å². The summed E-state index contributed by atoms with van der Waals surface area (Å²) >= 11 is 2.85. The quantitative estimate of drug-likeness (QED) is 0.350. The van der Waals surface area contributed by atoms with Gasteiger partial charge in [-0.25, -0.2) is 0 Å². The predicted octanol–water partition coefficient (Wildman–Crippen LogP) is 5.17. The van der Waals surface area contributed by atoms with Gasteiger partial charge >= 0.3 is 0 Å². The number of amides is 1. The van der Waals surface area contributed by atoms with Crippen LogP contribution >= 0.6 is 23.1 Å². The molecule has 1 atom stereocenters. The molecular formula is C26H31N5O4S2. The number of fused-ring (bicyclic) bond motifs is 1. The third-order valence-electron chi connectivity index (χ3n) is 6.60. The summed E-state index contributed by atoms with van der Waals surface area (Å²) in [6.45, 7) is 4.81. The molecule has 0 aliphatic heterocycles. The van der Waals surface area contributed by atoms with Gasteiger partial charge in [-0.3, -0.25) is 4.79 Å². The van der Waals surface area contributed by atoms with Crippen LogP contribution in [-0.4, -0.2) is 47.8 Å². The van der Waals surface area contributed by atoms with Gasteiger partial charge in [-0.1, -0.05) is 25.1 Å². The number of nitriles is 1. The van der Waals surface area contributed by atoms with Crippen molar-refractivity contribution < 1.29 is 19.0 Å². The van der Waals surface area contributed by atoms with Gasteiger partial charge in [0.1, 0.15) is 11.1 Å². The number of nitrogens with one attached hydrogen (secondary N) is 1. The Hall–Kier alpha value is -3.23. The summed E-state index contributed by atoms with van der Waals surface area (Å²) in [6.07, 6.45) is 4.12. The van der Waals surface area contributed by atoms with Gasteiger partial charge in [0.2, 0.25) is 11.7 Å². The number of nitrogens with zero attached hydrogens (tertiary/aromatic N) is 4. The fourth-order valence-corrected chi connectivity index (χ4v) is 6.74. The molecule has 2 aromatic heterocycles. The van der Waals surface area contributed by atoms with Gasteiger partial charge in [-0.2, -0.15) is 5.26 Å². The Morgan fingerprint density at radius 2 is 1.95 bits per heavy atom. The van der Waals surface area contributed by atoms with Crippen molar-refractivity contribution in [1.29, 1.82) is 5.26 Å². The Kier molecular flexibility index (Phi) is 8.61. The standard InChI is InChI=1S/C26H31N5O4S2/c1-6-15-8-9-17-18(13-27)25(37-21(17)10-15)28-22(32)14-36-26-30-29-24(31(26)7-2)16-11-19(33-3)23(35-5)20(12-16)34-4/h11-12,15H,6-10,14H2,1-5H3,(H,28,32). The SMILES string of the molecule is CCC1CCc2c(sc(NC(=O)CSc3nnc(-c4cc(OC)c(OC)c(OC)c4)n3CC)c2C#N)C1. The number of benzene rings is 1. The summed E-state index contributed by atoms with van der Waals surface area (Å²) in [7, 11) is 4.69. The van der Waals surface area contributed by atoms with Gasteiger partial charge in [0, 0.05) is 17.0 Å². The lowest BCUT2D eigenvalue weighted by Gasteiger charge is -2.20. The maximum atomic E-state index is 12.9. The van der Waals surface area contributed by atoms with E-state index < -0.39 is 0 Å². The number of hydrogen-bond acceptors (Lipinski definition) is 9. The number of rotatable bonds is 10. The van der Waals surface area contributed by atoms with Crippen molar-refractivity contribution in [3.8, 4) is 34.7 Å². The molecule has 11 heteroatoms. The molecule has 2 heterocycles. The van der Waals surface area contributed by atoms with Crippen LogP contribution in [0.3, 0.4) is 0 Å². The monoisotopic (exact) mass is 541 g/mol. The molecule has 1 amide bonds. The largest absolute Gasteiger partial charge is 0.493 e. The lowest BCUT2D eigenvalue weighted by atomic mass is 9.86. The topological polar surface area (TPSA) is 111 Å². The van der Waals surface area contributed by atoms with Gasteiger partial charge < -0.3 is 24.1 Å². The van der Waals surface area contributed by atoms with E-state index >= 15 is 0 Å². The molecule has 1 aliphatic rings. The van der Waals surface area contributed by atoms with E-state index in [0.29, 0.717) is 51.3 Å². The average Bonchev–Trinajstić information content (AvgIpc) is 3.50. The summed E-state index contributed by atoms with van der Waals surface area (Å²) in [5.74, 6) is 2.80. The summed E-state index contributed by atoms with van der Waals surface area (Å²) in [5.41, 5.74) is 2.49. The molecule has 37 heavy (non-hydrogen) atoms. The first-order chi connectivity index (χ1) is 18.0. The smallest absolute Gasteiger partial charge is 0.235 e. The Morgan fingerprint density at radius 1 is 1.22 bits per heavy atom. The third-order valence-corrected chi connectivity index (χ3v) is 8.73. The third kappa shape index (κ3) is 5.40. The number of thiophene rings is 1. The van der Waals surface area contributed by atoms with E-state index in [1.54, 1.807) is 32.7 Å². The first kappa shape index (κ1) is 26.8. The average molecular weight is 542 g/mol. The first-order valence-electron chi connectivity index (χ1n) is 12.2. The molecule has 0 bridgehead atoms. The zero-order valence-corrected chi connectivity index (χ0v) is 23.3. The molecule has 1 unspecified atom stereocenters. The van der Waals surface area contributed by atoms with Crippen molar-refractivity contribution in [3.05, 3.63) is 28.1 Å². The van der Waals surface area contributed by atoms with E-state index in [0.717, 1.165) is 36.8 Å². The number of methoxy groups -OCH3 is 3. The summed E-state index contributed by atoms with van der Waals surface area (Å²) in [4.78, 5) is 14.1.